The van der Waals surface area contributed by atoms with Crippen molar-refractivity contribution in [3.05, 3.63) is 35.6 Å². The lowest BCUT2D eigenvalue weighted by atomic mass is 10.1. The first-order valence-corrected chi connectivity index (χ1v) is 7.45. The third kappa shape index (κ3) is 5.44. The van der Waals surface area contributed by atoms with Gasteiger partial charge in [-0.05, 0) is 32.4 Å². The Bertz CT molecular complexity index is 461. The second-order valence-corrected chi connectivity index (χ2v) is 5.55. The maximum Gasteiger partial charge on any atom is 0.234 e. The van der Waals surface area contributed by atoms with Crippen LogP contribution in [0.25, 0.3) is 0 Å². The van der Waals surface area contributed by atoms with Crippen LogP contribution in [0.4, 0.5) is 4.39 Å². The summed E-state index contributed by atoms with van der Waals surface area (Å²) in [5.41, 5.74) is 0.504. The Kier molecular flexibility index (Phi) is 6.14. The van der Waals surface area contributed by atoms with Crippen molar-refractivity contribution in [1.29, 1.82) is 0 Å². The van der Waals surface area contributed by atoms with E-state index in [0.29, 0.717) is 12.1 Å². The smallest absolute Gasteiger partial charge is 0.234 e. The lowest BCUT2D eigenvalue weighted by Gasteiger charge is -2.27. The van der Waals surface area contributed by atoms with Crippen molar-refractivity contribution >= 4 is 5.91 Å². The highest BCUT2D eigenvalue weighted by Crippen LogP contribution is 2.13. The first kappa shape index (κ1) is 15.9. The largest absolute Gasteiger partial charge is 0.377 e. The van der Waals surface area contributed by atoms with E-state index in [-0.39, 0.29) is 24.4 Å². The number of hydrogen-bond acceptors (Lipinski definition) is 3. The average Bonchev–Trinajstić information content (AvgIpc) is 2.47. The van der Waals surface area contributed by atoms with Crippen molar-refractivity contribution < 1.29 is 13.9 Å². The van der Waals surface area contributed by atoms with Gasteiger partial charge in [-0.1, -0.05) is 18.2 Å². The van der Waals surface area contributed by atoms with E-state index in [9.17, 15) is 9.18 Å². The van der Waals surface area contributed by atoms with E-state index in [0.717, 1.165) is 26.0 Å². The van der Waals surface area contributed by atoms with Gasteiger partial charge in [0.05, 0.1) is 12.6 Å². The molecule has 1 unspecified atom stereocenters. The van der Waals surface area contributed by atoms with E-state index in [1.165, 1.54) is 12.5 Å². The van der Waals surface area contributed by atoms with Crippen molar-refractivity contribution in [2.75, 3.05) is 26.7 Å². The van der Waals surface area contributed by atoms with Gasteiger partial charge in [-0.2, -0.15) is 0 Å². The Morgan fingerprint density at radius 3 is 2.95 bits per heavy atom. The Labute approximate surface area is 125 Å². The van der Waals surface area contributed by atoms with Crippen LogP contribution in [0, 0.1) is 5.82 Å². The maximum atomic E-state index is 13.4. The van der Waals surface area contributed by atoms with Gasteiger partial charge in [-0.25, -0.2) is 4.39 Å². The summed E-state index contributed by atoms with van der Waals surface area (Å²) >= 11 is 0. The predicted molar refractivity (Wildman–Crippen MR) is 79.3 cm³/mol. The topological polar surface area (TPSA) is 41.6 Å². The van der Waals surface area contributed by atoms with Crippen molar-refractivity contribution in [2.45, 2.75) is 31.9 Å². The zero-order valence-corrected chi connectivity index (χ0v) is 12.5. The van der Waals surface area contributed by atoms with Crippen LogP contribution in [0.5, 0.6) is 0 Å². The minimum atomic E-state index is -0.290. The molecule has 1 N–H and O–H groups in total. The number of carbonyl (C=O) groups excluding carboxylic acids is 1. The molecule has 1 aliphatic rings. The first-order chi connectivity index (χ1) is 10.1. The molecule has 0 saturated carbocycles. The number of amides is 1. The van der Waals surface area contributed by atoms with Crippen LogP contribution in [-0.2, 0) is 16.1 Å². The molecule has 0 aliphatic carbocycles. The molecule has 1 aromatic rings. The number of ether oxygens (including phenoxy) is 1. The van der Waals surface area contributed by atoms with E-state index < -0.39 is 0 Å². The molecule has 0 bridgehead atoms. The molecule has 1 amide bonds. The van der Waals surface area contributed by atoms with Gasteiger partial charge in [0.25, 0.3) is 0 Å². The zero-order chi connectivity index (χ0) is 15.1. The van der Waals surface area contributed by atoms with Crippen molar-refractivity contribution in [1.82, 2.24) is 10.2 Å². The molecule has 5 heteroatoms. The van der Waals surface area contributed by atoms with Gasteiger partial charge in [-0.15, -0.1) is 0 Å². The number of halogens is 1. The lowest BCUT2D eigenvalue weighted by molar-refractivity contribution is -0.122. The molecule has 0 spiro atoms. The third-order valence-electron chi connectivity index (χ3n) is 3.64. The molecule has 1 aliphatic heterocycles. The summed E-state index contributed by atoms with van der Waals surface area (Å²) < 4.78 is 19.1. The van der Waals surface area contributed by atoms with E-state index in [2.05, 4.69) is 5.32 Å². The monoisotopic (exact) mass is 294 g/mol. The summed E-state index contributed by atoms with van der Waals surface area (Å²) in [6.45, 7) is 2.10. The van der Waals surface area contributed by atoms with Gasteiger partial charge in [-0.3, -0.25) is 9.69 Å². The molecule has 1 aromatic carbocycles. The summed E-state index contributed by atoms with van der Waals surface area (Å²) in [5, 5.41) is 2.75. The number of rotatable bonds is 6. The van der Waals surface area contributed by atoms with Gasteiger partial charge in [0.2, 0.25) is 5.91 Å². The molecular formula is C16H23FN2O2. The minimum absolute atomic E-state index is 0.100. The van der Waals surface area contributed by atoms with Crippen molar-refractivity contribution in [3.8, 4) is 0 Å². The summed E-state index contributed by atoms with van der Waals surface area (Å²) in [7, 11) is 1.90. The summed E-state index contributed by atoms with van der Waals surface area (Å²) in [4.78, 5) is 13.8. The summed E-state index contributed by atoms with van der Waals surface area (Å²) in [6.07, 6.45) is 3.60. The van der Waals surface area contributed by atoms with Crippen LogP contribution in [-0.4, -0.2) is 43.7 Å². The number of hydrogen-bond donors (Lipinski definition) is 1. The fourth-order valence-electron chi connectivity index (χ4n) is 2.50. The van der Waals surface area contributed by atoms with E-state index >= 15 is 0 Å². The number of nitrogens with one attached hydrogen (secondary N) is 1. The van der Waals surface area contributed by atoms with Crippen molar-refractivity contribution in [2.24, 2.45) is 0 Å². The highest BCUT2D eigenvalue weighted by atomic mass is 19.1. The number of benzene rings is 1. The molecule has 0 aromatic heterocycles. The normalized spacial score (nSPS) is 18.7. The molecule has 0 radical (unpaired) electrons. The van der Waals surface area contributed by atoms with Crippen LogP contribution < -0.4 is 5.32 Å². The van der Waals surface area contributed by atoms with Gasteiger partial charge in [0.1, 0.15) is 5.82 Å². The molecule has 1 saturated heterocycles. The van der Waals surface area contributed by atoms with Gasteiger partial charge in [0, 0.05) is 25.3 Å². The maximum absolute atomic E-state index is 13.4. The molecule has 4 nitrogen and oxygen atoms in total. The second-order valence-electron chi connectivity index (χ2n) is 5.55. The minimum Gasteiger partial charge on any atom is -0.377 e. The highest BCUT2D eigenvalue weighted by molar-refractivity contribution is 5.77. The molecule has 21 heavy (non-hydrogen) atoms. The predicted octanol–water partition coefficient (Wildman–Crippen LogP) is 1.94. The van der Waals surface area contributed by atoms with Gasteiger partial charge < -0.3 is 10.1 Å². The van der Waals surface area contributed by atoms with E-state index in [4.69, 9.17) is 4.74 Å². The molecule has 1 atom stereocenters. The fraction of sp³-hybridized carbons (Fsp3) is 0.562. The standard InChI is InChI=1S/C16H23FN2O2/c1-19(11-14-7-4-5-9-21-14)12-16(20)18-10-13-6-2-3-8-15(13)17/h2-3,6,8,14H,4-5,7,9-12H2,1H3,(H,18,20). The van der Waals surface area contributed by atoms with Crippen LogP contribution in [0.15, 0.2) is 24.3 Å². The van der Waals surface area contributed by atoms with Gasteiger partial charge in [0.15, 0.2) is 0 Å². The first-order valence-electron chi connectivity index (χ1n) is 7.45. The molecular weight excluding hydrogens is 271 g/mol. The average molecular weight is 294 g/mol. The van der Waals surface area contributed by atoms with Crippen LogP contribution in [0.2, 0.25) is 0 Å². The Morgan fingerprint density at radius 1 is 1.43 bits per heavy atom. The SMILES string of the molecule is CN(CC(=O)NCc1ccccc1F)CC1CCCCO1. The van der Waals surface area contributed by atoms with E-state index in [1.807, 2.05) is 11.9 Å². The Hall–Kier alpha value is -1.46. The summed E-state index contributed by atoms with van der Waals surface area (Å²) in [6, 6.07) is 6.47. The quantitative estimate of drug-likeness (QED) is 0.872. The molecule has 2 rings (SSSR count). The van der Waals surface area contributed by atoms with Crippen LogP contribution >= 0.6 is 0 Å². The molecule has 1 heterocycles. The number of nitrogens with zero attached hydrogens (tertiary/aromatic N) is 1. The van der Waals surface area contributed by atoms with Crippen molar-refractivity contribution in [3.63, 3.8) is 0 Å². The Balaban J connectivity index is 1.70. The third-order valence-corrected chi connectivity index (χ3v) is 3.64. The second kappa shape index (κ2) is 8.10. The van der Waals surface area contributed by atoms with E-state index in [1.54, 1.807) is 18.2 Å². The molecule has 1 fully saturated rings. The molecule has 116 valence electrons. The Morgan fingerprint density at radius 2 is 2.24 bits per heavy atom. The lowest BCUT2D eigenvalue weighted by Crippen LogP contribution is -2.40. The zero-order valence-electron chi connectivity index (χ0n) is 12.5. The number of carbonyl (C=O) groups is 1. The van der Waals surface area contributed by atoms with Crippen LogP contribution in [0.3, 0.4) is 0 Å². The van der Waals surface area contributed by atoms with Gasteiger partial charge >= 0.3 is 0 Å². The summed E-state index contributed by atoms with van der Waals surface area (Å²) in [5.74, 6) is -0.390. The number of likely N-dealkylation sites (N-methyl/N-ethyl adjacent to an activating group) is 1. The highest BCUT2D eigenvalue weighted by Gasteiger charge is 2.17. The fourth-order valence-corrected chi connectivity index (χ4v) is 2.50. The van der Waals surface area contributed by atoms with Crippen LogP contribution in [0.1, 0.15) is 24.8 Å².